The zero-order valence-corrected chi connectivity index (χ0v) is 17.8. The third kappa shape index (κ3) is 4.00. The van der Waals surface area contributed by atoms with Gasteiger partial charge in [-0.25, -0.2) is 9.59 Å². The Morgan fingerprint density at radius 2 is 2.00 bits per heavy atom. The first-order valence-corrected chi connectivity index (χ1v) is 10.9. The first kappa shape index (κ1) is 20.3. The van der Waals surface area contributed by atoms with Gasteiger partial charge in [0.1, 0.15) is 6.61 Å². The highest BCUT2D eigenvalue weighted by Crippen LogP contribution is 2.42. The number of allylic oxidation sites excluding steroid dienone is 1. The molecule has 0 radical (unpaired) electrons. The van der Waals surface area contributed by atoms with Crippen molar-refractivity contribution in [3.63, 3.8) is 0 Å². The van der Waals surface area contributed by atoms with E-state index in [0.717, 1.165) is 21.9 Å². The van der Waals surface area contributed by atoms with Crippen molar-refractivity contribution in [2.75, 3.05) is 13.2 Å². The molecule has 5 nitrogen and oxygen atoms in total. The summed E-state index contributed by atoms with van der Waals surface area (Å²) in [6.07, 6.45) is 0. The molecule has 1 atom stereocenters. The van der Waals surface area contributed by atoms with Gasteiger partial charge in [0.2, 0.25) is 0 Å². The number of benzene rings is 2. The monoisotopic (exact) mass is 421 g/mol. The second kappa shape index (κ2) is 8.79. The van der Waals surface area contributed by atoms with E-state index in [9.17, 15) is 9.59 Å². The maximum Gasteiger partial charge on any atom is 0.337 e. The molecule has 0 bridgehead atoms. The molecule has 2 aliphatic rings. The SMILES string of the molecule is CCOC(=O)C1=C(C)NC2=C(C(=O)OC2)C1c1cccc(SCc2ccccc2)c1. The zero-order valence-electron chi connectivity index (χ0n) is 16.9. The Kier molecular flexibility index (Phi) is 5.95. The van der Waals surface area contributed by atoms with Gasteiger partial charge in [-0.1, -0.05) is 42.5 Å². The summed E-state index contributed by atoms with van der Waals surface area (Å²) in [5.41, 5.74) is 4.48. The molecule has 2 aromatic rings. The van der Waals surface area contributed by atoms with Crippen molar-refractivity contribution in [1.29, 1.82) is 0 Å². The smallest absolute Gasteiger partial charge is 0.337 e. The van der Waals surface area contributed by atoms with Gasteiger partial charge in [0.15, 0.2) is 0 Å². The first-order valence-electron chi connectivity index (χ1n) is 9.90. The molecule has 2 aliphatic heterocycles. The highest BCUT2D eigenvalue weighted by atomic mass is 32.2. The Morgan fingerprint density at radius 3 is 2.77 bits per heavy atom. The standard InChI is InChI=1S/C24H23NO4S/c1-3-28-23(26)20-15(2)25-19-13-29-24(27)22(19)21(20)17-10-7-11-18(12-17)30-14-16-8-5-4-6-9-16/h4-12,21,25H,3,13-14H2,1-2H3. The molecule has 0 fully saturated rings. The molecule has 30 heavy (non-hydrogen) atoms. The largest absolute Gasteiger partial charge is 0.463 e. The summed E-state index contributed by atoms with van der Waals surface area (Å²) < 4.78 is 10.6. The lowest BCUT2D eigenvalue weighted by molar-refractivity contribution is -0.138. The van der Waals surface area contributed by atoms with E-state index in [1.165, 1.54) is 5.56 Å². The number of carbonyl (C=O) groups excluding carboxylic acids is 2. The fourth-order valence-corrected chi connectivity index (χ4v) is 4.72. The van der Waals surface area contributed by atoms with Crippen LogP contribution in [0.3, 0.4) is 0 Å². The van der Waals surface area contributed by atoms with Crippen molar-refractivity contribution in [1.82, 2.24) is 5.32 Å². The quantitative estimate of drug-likeness (QED) is 0.554. The van der Waals surface area contributed by atoms with Crippen molar-refractivity contribution < 1.29 is 19.1 Å². The van der Waals surface area contributed by atoms with Gasteiger partial charge < -0.3 is 14.8 Å². The third-order valence-electron chi connectivity index (χ3n) is 5.15. The highest BCUT2D eigenvalue weighted by Gasteiger charge is 2.41. The van der Waals surface area contributed by atoms with Crippen LogP contribution in [-0.2, 0) is 24.8 Å². The number of esters is 2. The van der Waals surface area contributed by atoms with Crippen LogP contribution in [0, 0.1) is 0 Å². The van der Waals surface area contributed by atoms with Gasteiger partial charge in [-0.05, 0) is 37.1 Å². The maximum absolute atomic E-state index is 12.8. The summed E-state index contributed by atoms with van der Waals surface area (Å²) in [5, 5.41) is 3.17. The van der Waals surface area contributed by atoms with Gasteiger partial charge in [-0.3, -0.25) is 0 Å². The summed E-state index contributed by atoms with van der Waals surface area (Å²) in [5.74, 6) is -0.473. The number of rotatable bonds is 6. The van der Waals surface area contributed by atoms with Gasteiger partial charge in [-0.15, -0.1) is 11.8 Å². The van der Waals surface area contributed by atoms with Crippen molar-refractivity contribution >= 4 is 23.7 Å². The molecule has 0 amide bonds. The van der Waals surface area contributed by atoms with E-state index in [2.05, 4.69) is 17.4 Å². The van der Waals surface area contributed by atoms with Crippen molar-refractivity contribution in [3.05, 3.63) is 88.3 Å². The summed E-state index contributed by atoms with van der Waals surface area (Å²) in [7, 11) is 0. The Balaban J connectivity index is 1.69. The number of dihydropyridines is 1. The normalized spacial score (nSPS) is 18.1. The number of hydrogen-bond acceptors (Lipinski definition) is 6. The Bertz CT molecular complexity index is 1040. The molecule has 0 spiro atoms. The predicted molar refractivity (Wildman–Crippen MR) is 116 cm³/mol. The second-order valence-electron chi connectivity index (χ2n) is 7.13. The molecule has 0 aromatic heterocycles. The number of nitrogens with one attached hydrogen (secondary N) is 1. The van der Waals surface area contributed by atoms with Crippen LogP contribution in [0.2, 0.25) is 0 Å². The van der Waals surface area contributed by atoms with Gasteiger partial charge >= 0.3 is 11.9 Å². The first-order chi connectivity index (χ1) is 14.6. The molecule has 6 heteroatoms. The Labute approximate surface area is 180 Å². The van der Waals surface area contributed by atoms with E-state index in [1.54, 1.807) is 18.7 Å². The number of thioether (sulfide) groups is 1. The van der Waals surface area contributed by atoms with Crippen LogP contribution < -0.4 is 5.32 Å². The summed E-state index contributed by atoms with van der Waals surface area (Å²) in [4.78, 5) is 26.4. The van der Waals surface area contributed by atoms with Crippen LogP contribution in [0.1, 0.15) is 30.9 Å². The van der Waals surface area contributed by atoms with Gasteiger partial charge in [0, 0.05) is 16.3 Å². The molecular weight excluding hydrogens is 398 g/mol. The zero-order chi connectivity index (χ0) is 21.1. The van der Waals surface area contributed by atoms with E-state index in [4.69, 9.17) is 9.47 Å². The second-order valence-corrected chi connectivity index (χ2v) is 8.18. The molecule has 0 saturated carbocycles. The molecular formula is C24H23NO4S. The van der Waals surface area contributed by atoms with Crippen molar-refractivity contribution in [3.8, 4) is 0 Å². The van der Waals surface area contributed by atoms with Gasteiger partial charge in [0.25, 0.3) is 0 Å². The van der Waals surface area contributed by atoms with E-state index in [1.807, 2.05) is 49.4 Å². The van der Waals surface area contributed by atoms with Crippen LogP contribution in [-0.4, -0.2) is 25.2 Å². The Hall–Kier alpha value is -2.99. The van der Waals surface area contributed by atoms with E-state index >= 15 is 0 Å². The lowest BCUT2D eigenvalue weighted by Gasteiger charge is -2.27. The van der Waals surface area contributed by atoms with Crippen LogP contribution >= 0.6 is 11.8 Å². The van der Waals surface area contributed by atoms with E-state index in [0.29, 0.717) is 16.8 Å². The maximum atomic E-state index is 12.8. The Morgan fingerprint density at radius 1 is 1.20 bits per heavy atom. The predicted octanol–water partition coefficient (Wildman–Crippen LogP) is 4.31. The van der Waals surface area contributed by atoms with Crippen LogP contribution in [0.5, 0.6) is 0 Å². The number of carbonyl (C=O) groups is 2. The topological polar surface area (TPSA) is 64.6 Å². The third-order valence-corrected chi connectivity index (χ3v) is 6.21. The fourth-order valence-electron chi connectivity index (χ4n) is 3.80. The molecule has 4 rings (SSSR count). The lowest BCUT2D eigenvalue weighted by atomic mass is 9.81. The van der Waals surface area contributed by atoms with Crippen molar-refractivity contribution in [2.45, 2.75) is 30.4 Å². The summed E-state index contributed by atoms with van der Waals surface area (Å²) in [6.45, 7) is 4.07. The van der Waals surface area contributed by atoms with E-state index < -0.39 is 11.9 Å². The summed E-state index contributed by atoms with van der Waals surface area (Å²) >= 11 is 1.72. The number of ether oxygens (including phenoxy) is 2. The summed E-state index contributed by atoms with van der Waals surface area (Å²) in [6, 6.07) is 18.3. The van der Waals surface area contributed by atoms with E-state index in [-0.39, 0.29) is 19.2 Å². The highest BCUT2D eigenvalue weighted by molar-refractivity contribution is 7.98. The van der Waals surface area contributed by atoms with Crippen LogP contribution in [0.15, 0.2) is 82.0 Å². The van der Waals surface area contributed by atoms with Gasteiger partial charge in [-0.2, -0.15) is 0 Å². The average molecular weight is 422 g/mol. The molecule has 1 unspecified atom stereocenters. The van der Waals surface area contributed by atoms with Crippen molar-refractivity contribution in [2.24, 2.45) is 0 Å². The number of hydrogen-bond donors (Lipinski definition) is 1. The van der Waals surface area contributed by atoms with Crippen LogP contribution in [0.4, 0.5) is 0 Å². The molecule has 154 valence electrons. The minimum atomic E-state index is -0.507. The lowest BCUT2D eigenvalue weighted by Crippen LogP contribution is -2.30. The molecule has 2 heterocycles. The van der Waals surface area contributed by atoms with Gasteiger partial charge in [0.05, 0.1) is 29.4 Å². The number of cyclic esters (lactones) is 1. The average Bonchev–Trinajstić information content (AvgIpc) is 3.12. The molecule has 2 aromatic carbocycles. The molecule has 0 aliphatic carbocycles. The molecule has 1 N–H and O–H groups in total. The minimum absolute atomic E-state index is 0.195. The molecule has 0 saturated heterocycles. The minimum Gasteiger partial charge on any atom is -0.463 e. The van der Waals surface area contributed by atoms with Crippen LogP contribution in [0.25, 0.3) is 0 Å². The fraction of sp³-hybridized carbons (Fsp3) is 0.250.